The van der Waals surface area contributed by atoms with Crippen molar-refractivity contribution in [2.75, 3.05) is 0 Å². The highest BCUT2D eigenvalue weighted by Gasteiger charge is 2.32. The standard InChI is InChI=1S/C17H19F3N2O3/c18-17(19,20)12-6-4-10(5-7-12)8-14(24)22-15(16(21)25)11-2-1-3-13(23)9-11/h4-7,11,15H,1-3,8-9H2,(H2,21,25)(H,22,24)/t11-,15-/m0/s1. The van der Waals surface area contributed by atoms with Crippen molar-refractivity contribution in [3.63, 3.8) is 0 Å². The maximum Gasteiger partial charge on any atom is 0.416 e. The van der Waals surface area contributed by atoms with Crippen LogP contribution in [0.15, 0.2) is 24.3 Å². The van der Waals surface area contributed by atoms with Crippen LogP contribution in [0.5, 0.6) is 0 Å². The van der Waals surface area contributed by atoms with Gasteiger partial charge in [0.2, 0.25) is 11.8 Å². The zero-order chi connectivity index (χ0) is 18.6. The Morgan fingerprint density at radius 1 is 1.24 bits per heavy atom. The number of alkyl halides is 3. The Bertz CT molecular complexity index is 656. The number of benzene rings is 1. The predicted molar refractivity (Wildman–Crippen MR) is 83.2 cm³/mol. The third kappa shape index (κ3) is 5.30. The third-order valence-corrected chi connectivity index (χ3v) is 4.26. The Kier molecular flexibility index (Phi) is 5.81. The molecule has 1 aliphatic carbocycles. The minimum absolute atomic E-state index is 0.0273. The van der Waals surface area contributed by atoms with Crippen LogP contribution in [0.3, 0.4) is 0 Å². The summed E-state index contributed by atoms with van der Waals surface area (Å²) in [5.74, 6) is -1.56. The summed E-state index contributed by atoms with van der Waals surface area (Å²) in [6.07, 6.45) is -2.72. The Hall–Kier alpha value is -2.38. The predicted octanol–water partition coefficient (Wildman–Crippen LogP) is 1.98. The van der Waals surface area contributed by atoms with Crippen LogP contribution in [0.25, 0.3) is 0 Å². The van der Waals surface area contributed by atoms with Crippen molar-refractivity contribution in [1.82, 2.24) is 5.32 Å². The maximum atomic E-state index is 12.5. The van der Waals surface area contributed by atoms with E-state index in [0.29, 0.717) is 24.8 Å². The molecule has 1 fully saturated rings. The van der Waals surface area contributed by atoms with Gasteiger partial charge < -0.3 is 11.1 Å². The van der Waals surface area contributed by atoms with E-state index in [1.807, 2.05) is 0 Å². The normalized spacial score (nSPS) is 19.3. The first-order chi connectivity index (χ1) is 11.7. The summed E-state index contributed by atoms with van der Waals surface area (Å²) in [6, 6.07) is 3.27. The van der Waals surface area contributed by atoms with Crippen LogP contribution >= 0.6 is 0 Å². The number of hydrogen-bond donors (Lipinski definition) is 2. The Labute approximate surface area is 142 Å². The molecule has 0 saturated heterocycles. The van der Waals surface area contributed by atoms with Crippen LogP contribution in [0.2, 0.25) is 0 Å². The van der Waals surface area contributed by atoms with E-state index in [9.17, 15) is 27.6 Å². The van der Waals surface area contributed by atoms with E-state index in [1.54, 1.807) is 0 Å². The van der Waals surface area contributed by atoms with Gasteiger partial charge in [-0.05, 0) is 36.5 Å². The molecule has 0 radical (unpaired) electrons. The molecular weight excluding hydrogens is 337 g/mol. The molecule has 1 aliphatic rings. The van der Waals surface area contributed by atoms with E-state index >= 15 is 0 Å². The average molecular weight is 356 g/mol. The number of primary amides is 1. The van der Waals surface area contributed by atoms with Crippen molar-refractivity contribution < 1.29 is 27.6 Å². The van der Waals surface area contributed by atoms with Gasteiger partial charge in [0.25, 0.3) is 0 Å². The molecule has 8 heteroatoms. The molecule has 0 heterocycles. The molecule has 0 unspecified atom stereocenters. The van der Waals surface area contributed by atoms with Crippen molar-refractivity contribution in [3.05, 3.63) is 35.4 Å². The molecular formula is C17H19F3N2O3. The van der Waals surface area contributed by atoms with Crippen LogP contribution in [0.4, 0.5) is 13.2 Å². The average Bonchev–Trinajstić information content (AvgIpc) is 2.52. The summed E-state index contributed by atoms with van der Waals surface area (Å²) in [5, 5.41) is 2.51. The molecule has 2 atom stereocenters. The molecule has 2 amide bonds. The van der Waals surface area contributed by atoms with Gasteiger partial charge in [-0.1, -0.05) is 12.1 Å². The molecule has 1 aromatic carbocycles. The minimum atomic E-state index is -4.44. The van der Waals surface area contributed by atoms with Crippen molar-refractivity contribution in [2.45, 2.75) is 44.3 Å². The quantitative estimate of drug-likeness (QED) is 0.845. The van der Waals surface area contributed by atoms with Gasteiger partial charge in [-0.25, -0.2) is 0 Å². The number of amides is 2. The summed E-state index contributed by atoms with van der Waals surface area (Å²) in [4.78, 5) is 35.3. The fourth-order valence-electron chi connectivity index (χ4n) is 2.99. The molecule has 0 spiro atoms. The lowest BCUT2D eigenvalue weighted by Gasteiger charge is -2.28. The van der Waals surface area contributed by atoms with Crippen LogP contribution in [-0.2, 0) is 27.0 Å². The van der Waals surface area contributed by atoms with Gasteiger partial charge in [0.15, 0.2) is 0 Å². The summed E-state index contributed by atoms with van der Waals surface area (Å²) >= 11 is 0. The second-order valence-electron chi connectivity index (χ2n) is 6.21. The van der Waals surface area contributed by atoms with Crippen LogP contribution < -0.4 is 11.1 Å². The first kappa shape index (κ1) is 19.0. The molecule has 0 bridgehead atoms. The molecule has 25 heavy (non-hydrogen) atoms. The summed E-state index contributed by atoms with van der Waals surface area (Å²) in [7, 11) is 0. The first-order valence-corrected chi connectivity index (χ1v) is 7.93. The number of ketones is 1. The van der Waals surface area contributed by atoms with Crippen LogP contribution in [0, 0.1) is 5.92 Å². The van der Waals surface area contributed by atoms with Crippen molar-refractivity contribution in [1.29, 1.82) is 0 Å². The van der Waals surface area contributed by atoms with Gasteiger partial charge in [0, 0.05) is 12.8 Å². The zero-order valence-corrected chi connectivity index (χ0v) is 13.4. The number of hydrogen-bond acceptors (Lipinski definition) is 3. The van der Waals surface area contributed by atoms with Crippen molar-refractivity contribution in [2.24, 2.45) is 11.7 Å². The molecule has 1 aromatic rings. The molecule has 136 valence electrons. The van der Waals surface area contributed by atoms with E-state index in [2.05, 4.69) is 5.32 Å². The summed E-state index contributed by atoms with van der Waals surface area (Å²) < 4.78 is 37.6. The SMILES string of the molecule is NC(=O)[C@@H](NC(=O)Cc1ccc(C(F)(F)F)cc1)[C@H]1CCCC(=O)C1. The fourth-order valence-corrected chi connectivity index (χ4v) is 2.99. The number of Topliss-reactive ketones (excluding diaryl/α,β-unsaturated/α-hetero) is 1. The molecule has 3 N–H and O–H groups in total. The molecule has 2 rings (SSSR count). The lowest BCUT2D eigenvalue weighted by molar-refractivity contribution is -0.137. The zero-order valence-electron chi connectivity index (χ0n) is 13.4. The van der Waals surface area contributed by atoms with Gasteiger partial charge in [0.1, 0.15) is 11.8 Å². The number of nitrogens with one attached hydrogen (secondary N) is 1. The van der Waals surface area contributed by atoms with Crippen molar-refractivity contribution >= 4 is 17.6 Å². The van der Waals surface area contributed by atoms with Gasteiger partial charge in [-0.3, -0.25) is 14.4 Å². The van der Waals surface area contributed by atoms with E-state index < -0.39 is 29.6 Å². The number of carbonyl (C=O) groups excluding carboxylic acids is 3. The summed E-state index contributed by atoms with van der Waals surface area (Å²) in [5.41, 5.74) is 4.92. The molecule has 1 saturated carbocycles. The third-order valence-electron chi connectivity index (χ3n) is 4.26. The largest absolute Gasteiger partial charge is 0.416 e. The summed E-state index contributed by atoms with van der Waals surface area (Å²) in [6.45, 7) is 0. The number of carbonyl (C=O) groups is 3. The number of halogens is 3. The highest BCUT2D eigenvalue weighted by atomic mass is 19.4. The highest BCUT2D eigenvalue weighted by Crippen LogP contribution is 2.29. The van der Waals surface area contributed by atoms with E-state index in [1.165, 1.54) is 12.1 Å². The van der Waals surface area contributed by atoms with Gasteiger partial charge >= 0.3 is 6.18 Å². The Morgan fingerprint density at radius 3 is 2.40 bits per heavy atom. The van der Waals surface area contributed by atoms with Gasteiger partial charge in [0.05, 0.1) is 12.0 Å². The molecule has 0 aromatic heterocycles. The maximum absolute atomic E-state index is 12.5. The lowest BCUT2D eigenvalue weighted by atomic mass is 9.83. The van der Waals surface area contributed by atoms with Crippen LogP contribution in [0.1, 0.15) is 36.8 Å². The monoisotopic (exact) mass is 356 g/mol. The van der Waals surface area contributed by atoms with Gasteiger partial charge in [-0.2, -0.15) is 13.2 Å². The highest BCUT2D eigenvalue weighted by molar-refractivity contribution is 5.89. The minimum Gasteiger partial charge on any atom is -0.368 e. The van der Waals surface area contributed by atoms with Crippen molar-refractivity contribution in [3.8, 4) is 0 Å². The van der Waals surface area contributed by atoms with Crippen LogP contribution in [-0.4, -0.2) is 23.6 Å². The fraction of sp³-hybridized carbons (Fsp3) is 0.471. The number of nitrogens with two attached hydrogens (primary N) is 1. The smallest absolute Gasteiger partial charge is 0.368 e. The first-order valence-electron chi connectivity index (χ1n) is 7.93. The second-order valence-corrected chi connectivity index (χ2v) is 6.21. The van der Waals surface area contributed by atoms with E-state index in [4.69, 9.17) is 5.73 Å². The molecule has 5 nitrogen and oxygen atoms in total. The van der Waals surface area contributed by atoms with E-state index in [0.717, 1.165) is 12.1 Å². The number of rotatable bonds is 5. The topological polar surface area (TPSA) is 89.3 Å². The molecule has 0 aliphatic heterocycles. The Balaban J connectivity index is 1.99. The lowest BCUT2D eigenvalue weighted by Crippen LogP contribution is -2.50. The van der Waals surface area contributed by atoms with E-state index in [-0.39, 0.29) is 24.5 Å². The Morgan fingerprint density at radius 2 is 1.88 bits per heavy atom. The van der Waals surface area contributed by atoms with Gasteiger partial charge in [-0.15, -0.1) is 0 Å². The second kappa shape index (κ2) is 7.67.